The molecule has 4 aliphatic carbocycles. The van der Waals surface area contributed by atoms with Crippen LogP contribution >= 0.6 is 22.7 Å². The number of aromatic nitrogens is 10. The highest BCUT2D eigenvalue weighted by molar-refractivity contribution is 7.92. The number of fused-ring (bicyclic) bond motifs is 4. The lowest BCUT2D eigenvalue weighted by Gasteiger charge is -2.45. The van der Waals surface area contributed by atoms with Gasteiger partial charge in [0.2, 0.25) is 11.6 Å². The van der Waals surface area contributed by atoms with Crippen LogP contribution in [0.4, 0.5) is 8.78 Å². The standard InChI is InChI=1S/2C28H28FN5O3S2/c2*1-17-13-30-27(38-17)26(35)28-11-19(18(2)39(36,37)24-15-31-33(3)16-24)4-5-21(28)10-25-20(12-28)14-32-34(25)23-8-6-22(29)7-9-23/h2*6-10,13-16,18-19H,4-5,11-12H2,1-3H3/t18?,19-,28+;18-,19+,28-/m01/s1. The topological polar surface area (TPSA) is 199 Å². The Kier molecular flexibility index (Phi) is 13.7. The summed E-state index contributed by atoms with van der Waals surface area (Å²) >= 11 is 2.73. The third-order valence-corrected chi connectivity index (χ3v) is 22.7. The molecule has 0 spiro atoms. The summed E-state index contributed by atoms with van der Waals surface area (Å²) in [6.07, 6.45) is 20.9. The number of allylic oxidation sites excluding steroid dienone is 2. The molecule has 0 amide bonds. The second kappa shape index (κ2) is 20.1. The van der Waals surface area contributed by atoms with Gasteiger partial charge in [0.25, 0.3) is 0 Å². The number of benzene rings is 2. The van der Waals surface area contributed by atoms with Crippen molar-refractivity contribution in [3.05, 3.63) is 163 Å². The van der Waals surface area contributed by atoms with E-state index in [4.69, 9.17) is 0 Å². The van der Waals surface area contributed by atoms with Gasteiger partial charge in [0.05, 0.1) is 68.9 Å². The summed E-state index contributed by atoms with van der Waals surface area (Å²) in [6.45, 7) is 7.32. The van der Waals surface area contributed by atoms with Gasteiger partial charge in [-0.25, -0.2) is 44.9 Å². The van der Waals surface area contributed by atoms with Crippen LogP contribution in [0.2, 0.25) is 0 Å². The molecule has 4 aliphatic rings. The molecular formula is C56H56F2N10O6S4. The number of carbonyl (C=O) groups excluding carboxylic acids is 2. The summed E-state index contributed by atoms with van der Waals surface area (Å²) in [5.41, 5.74) is 5.11. The Morgan fingerprint density at radius 1 is 0.590 bits per heavy atom. The van der Waals surface area contributed by atoms with Gasteiger partial charge >= 0.3 is 0 Å². The van der Waals surface area contributed by atoms with E-state index in [1.165, 1.54) is 81.1 Å². The van der Waals surface area contributed by atoms with Crippen molar-refractivity contribution in [2.45, 2.75) is 99.4 Å². The van der Waals surface area contributed by atoms with Crippen molar-refractivity contribution < 1.29 is 35.2 Å². The number of carbonyl (C=O) groups is 2. The number of Topliss-reactive ketones (excluding diaryl/α,β-unsaturated/α-hetero) is 2. The van der Waals surface area contributed by atoms with E-state index >= 15 is 0 Å². The highest BCUT2D eigenvalue weighted by atomic mass is 32.2. The van der Waals surface area contributed by atoms with Gasteiger partial charge in [-0.2, -0.15) is 20.4 Å². The smallest absolute Gasteiger partial charge is 0.201 e. The summed E-state index contributed by atoms with van der Waals surface area (Å²) in [7, 11) is -3.90. The van der Waals surface area contributed by atoms with E-state index < -0.39 is 41.0 Å². The van der Waals surface area contributed by atoms with Crippen molar-refractivity contribution in [3.63, 3.8) is 0 Å². The molecule has 78 heavy (non-hydrogen) atoms. The predicted molar refractivity (Wildman–Crippen MR) is 292 cm³/mol. The van der Waals surface area contributed by atoms with Crippen LogP contribution in [0.1, 0.15) is 104 Å². The van der Waals surface area contributed by atoms with Crippen LogP contribution in [0.15, 0.2) is 119 Å². The fraction of sp³-hybridized carbons (Fsp3) is 0.357. The molecule has 22 heteroatoms. The SMILES string of the molecule is Cc1cnc(C(=O)[C@]23Cc4cnn(-c5ccc(F)cc5)c4C=C2CC[C@H](C(C)S(=O)(=O)c2cnn(C)c2)C3)s1.Cc1cnc(C(=O)[C@]23Cc4cnn(-c5ccc(F)cc5)c4C=C2CC[C@H]([C@@H](C)S(=O)(=O)c2cnn(C)c2)C3)s1. The molecule has 8 aromatic rings. The molecule has 6 heterocycles. The summed E-state index contributed by atoms with van der Waals surface area (Å²) in [5, 5.41) is 16.8. The first-order chi connectivity index (χ1) is 37.2. The number of nitrogens with zero attached hydrogens (tertiary/aromatic N) is 10. The van der Waals surface area contributed by atoms with Crippen molar-refractivity contribution in [2.75, 3.05) is 0 Å². The van der Waals surface area contributed by atoms with E-state index in [2.05, 4.69) is 30.4 Å². The monoisotopic (exact) mass is 1130 g/mol. The first-order valence-electron chi connectivity index (χ1n) is 25.6. The first kappa shape index (κ1) is 53.1. The minimum Gasteiger partial charge on any atom is -0.290 e. The molecule has 2 saturated carbocycles. The average Bonchev–Trinajstić information content (AvgIpc) is 4.48. The van der Waals surface area contributed by atoms with Gasteiger partial charge in [0.15, 0.2) is 29.7 Å². The molecule has 6 atom stereocenters. The van der Waals surface area contributed by atoms with Crippen molar-refractivity contribution in [1.82, 2.24) is 49.1 Å². The van der Waals surface area contributed by atoms with Crippen LogP contribution in [-0.2, 0) is 46.6 Å². The van der Waals surface area contributed by atoms with Crippen LogP contribution in [0.25, 0.3) is 23.5 Å². The Morgan fingerprint density at radius 3 is 1.31 bits per heavy atom. The van der Waals surface area contributed by atoms with Crippen LogP contribution in [0.3, 0.4) is 0 Å². The van der Waals surface area contributed by atoms with Crippen molar-refractivity contribution in [3.8, 4) is 11.4 Å². The molecule has 0 saturated heterocycles. The molecule has 16 nitrogen and oxygen atoms in total. The Labute approximate surface area is 458 Å². The number of hydrogen-bond acceptors (Lipinski definition) is 14. The van der Waals surface area contributed by atoms with E-state index in [-0.39, 0.29) is 44.8 Å². The van der Waals surface area contributed by atoms with Gasteiger partial charge in [-0.1, -0.05) is 11.1 Å². The maximum Gasteiger partial charge on any atom is 0.201 e. The largest absolute Gasteiger partial charge is 0.290 e. The highest BCUT2D eigenvalue weighted by Crippen LogP contribution is 2.55. The normalized spacial score (nSPS) is 21.6. The molecule has 0 bridgehead atoms. The number of aryl methyl sites for hydroxylation is 4. The zero-order chi connectivity index (χ0) is 55.1. The molecule has 0 N–H and O–H groups in total. The molecule has 2 fully saturated rings. The van der Waals surface area contributed by atoms with Crippen LogP contribution in [0, 0.1) is 48.1 Å². The summed E-state index contributed by atoms with van der Waals surface area (Å²) in [6, 6.07) is 12.3. The molecule has 0 radical (unpaired) electrons. The van der Waals surface area contributed by atoms with Gasteiger partial charge in [-0.15, -0.1) is 22.7 Å². The second-order valence-corrected chi connectivity index (χ2v) is 28.2. The summed E-state index contributed by atoms with van der Waals surface area (Å²) in [5.74, 6) is -1.24. The third-order valence-electron chi connectivity index (χ3n) is 16.4. The fourth-order valence-electron chi connectivity index (χ4n) is 12.0. The fourth-order valence-corrected chi connectivity index (χ4v) is 17.0. The van der Waals surface area contributed by atoms with E-state index in [1.54, 1.807) is 86.4 Å². The number of ketones is 2. The quantitative estimate of drug-likeness (QED) is 0.105. The van der Waals surface area contributed by atoms with E-state index in [9.17, 15) is 35.2 Å². The van der Waals surface area contributed by atoms with E-state index in [0.29, 0.717) is 61.4 Å². The van der Waals surface area contributed by atoms with Crippen LogP contribution in [0.5, 0.6) is 0 Å². The lowest BCUT2D eigenvalue weighted by atomic mass is 9.59. The van der Waals surface area contributed by atoms with Gasteiger partial charge in [0.1, 0.15) is 21.4 Å². The Bertz CT molecular complexity index is 3690. The second-order valence-electron chi connectivity index (χ2n) is 21.2. The maximum absolute atomic E-state index is 14.3. The van der Waals surface area contributed by atoms with Crippen molar-refractivity contribution >= 4 is 66.1 Å². The third kappa shape index (κ3) is 9.36. The molecule has 404 valence electrons. The first-order valence-corrected chi connectivity index (χ1v) is 30.4. The molecule has 0 aliphatic heterocycles. The Hall–Kier alpha value is -6.88. The molecule has 12 rings (SSSR count). The minimum atomic E-state index is -3.64. The Morgan fingerprint density at radius 2 is 0.974 bits per heavy atom. The predicted octanol–water partition coefficient (Wildman–Crippen LogP) is 9.96. The lowest BCUT2D eigenvalue weighted by Crippen LogP contribution is -2.45. The van der Waals surface area contributed by atoms with Gasteiger partial charge in [0, 0.05) is 48.6 Å². The number of rotatable bonds is 12. The van der Waals surface area contributed by atoms with Gasteiger partial charge < -0.3 is 0 Å². The zero-order valence-electron chi connectivity index (χ0n) is 43.7. The van der Waals surface area contributed by atoms with Gasteiger partial charge in [-0.05, 0) is 163 Å². The van der Waals surface area contributed by atoms with Crippen molar-refractivity contribution in [2.24, 2.45) is 36.8 Å². The number of halogens is 2. The molecular weight excluding hydrogens is 1070 g/mol. The number of sulfone groups is 2. The van der Waals surface area contributed by atoms with Gasteiger partial charge in [-0.3, -0.25) is 19.0 Å². The average molecular weight is 1130 g/mol. The van der Waals surface area contributed by atoms with Crippen LogP contribution < -0.4 is 0 Å². The molecule has 1 unspecified atom stereocenters. The van der Waals surface area contributed by atoms with Crippen LogP contribution in [-0.4, -0.2) is 88.0 Å². The number of thiazole rings is 2. The summed E-state index contributed by atoms with van der Waals surface area (Å²) < 4.78 is 87.7. The zero-order valence-corrected chi connectivity index (χ0v) is 46.9. The maximum atomic E-state index is 14.3. The molecule has 2 aromatic carbocycles. The lowest BCUT2D eigenvalue weighted by molar-refractivity contribution is 0.0753. The summed E-state index contributed by atoms with van der Waals surface area (Å²) in [4.78, 5) is 39.6. The minimum absolute atomic E-state index is 0.0669. The highest BCUT2D eigenvalue weighted by Gasteiger charge is 2.54. The van der Waals surface area contributed by atoms with Crippen molar-refractivity contribution in [1.29, 1.82) is 0 Å². The van der Waals surface area contributed by atoms with E-state index in [1.807, 2.05) is 26.0 Å². The van der Waals surface area contributed by atoms with E-state index in [0.717, 1.165) is 54.8 Å². The Balaban J connectivity index is 0.000000165. The molecule has 6 aromatic heterocycles. The number of hydrogen-bond donors (Lipinski definition) is 0.